The van der Waals surface area contributed by atoms with Gasteiger partial charge in [0.25, 0.3) is 0 Å². The molecule has 0 spiro atoms. The summed E-state index contributed by atoms with van der Waals surface area (Å²) in [7, 11) is 3.26. The van der Waals surface area contributed by atoms with Crippen molar-refractivity contribution in [3.05, 3.63) is 34.1 Å². The maximum atomic E-state index is 13.3. The zero-order valence-corrected chi connectivity index (χ0v) is 9.15. The minimum atomic E-state index is -0.377. The molecule has 0 aliphatic rings. The van der Waals surface area contributed by atoms with Crippen molar-refractivity contribution in [3.63, 3.8) is 0 Å². The summed E-state index contributed by atoms with van der Waals surface area (Å²) < 4.78 is 18.3. The van der Waals surface area contributed by atoms with E-state index in [-0.39, 0.29) is 12.0 Å². The molecule has 0 saturated carbocycles. The lowest BCUT2D eigenvalue weighted by Crippen LogP contribution is -2.18. The van der Waals surface area contributed by atoms with Gasteiger partial charge in [0.1, 0.15) is 12.0 Å². The van der Waals surface area contributed by atoms with Crippen LogP contribution in [0.1, 0.15) is 17.4 Å². The number of ether oxygens (including phenoxy) is 1. The molecular weight excluding hydrogens is 205 g/mol. The van der Waals surface area contributed by atoms with Crippen molar-refractivity contribution < 1.29 is 9.13 Å². The highest BCUT2D eigenvalue weighted by atomic mass is 35.5. The van der Waals surface area contributed by atoms with E-state index in [0.717, 1.165) is 0 Å². The Morgan fingerprint density at radius 1 is 1.50 bits per heavy atom. The molecular formula is C10H13ClFNO. The maximum absolute atomic E-state index is 13.3. The van der Waals surface area contributed by atoms with Gasteiger partial charge in [-0.3, -0.25) is 5.32 Å². The minimum Gasteiger partial charge on any atom is -0.362 e. The van der Waals surface area contributed by atoms with Crippen molar-refractivity contribution in [1.82, 2.24) is 5.32 Å². The first-order valence-electron chi connectivity index (χ1n) is 4.25. The zero-order valence-electron chi connectivity index (χ0n) is 8.40. The van der Waals surface area contributed by atoms with Crippen LogP contribution in [0.2, 0.25) is 5.02 Å². The number of methoxy groups -OCH3 is 1. The van der Waals surface area contributed by atoms with Gasteiger partial charge in [-0.05, 0) is 31.7 Å². The van der Waals surface area contributed by atoms with Crippen LogP contribution in [0.3, 0.4) is 0 Å². The van der Waals surface area contributed by atoms with Crippen molar-refractivity contribution in [1.29, 1.82) is 0 Å². The molecule has 2 nitrogen and oxygen atoms in total. The van der Waals surface area contributed by atoms with Crippen LogP contribution in [0.25, 0.3) is 0 Å². The Hall–Kier alpha value is -0.640. The molecule has 4 heteroatoms. The predicted molar refractivity (Wildman–Crippen MR) is 55.0 cm³/mol. The van der Waals surface area contributed by atoms with Gasteiger partial charge in [0.15, 0.2) is 0 Å². The topological polar surface area (TPSA) is 21.3 Å². The molecule has 1 aromatic rings. The first-order valence-corrected chi connectivity index (χ1v) is 4.63. The molecule has 0 radical (unpaired) electrons. The fraction of sp³-hybridized carbons (Fsp3) is 0.400. The third-order valence-electron chi connectivity index (χ3n) is 2.06. The molecule has 14 heavy (non-hydrogen) atoms. The van der Waals surface area contributed by atoms with E-state index >= 15 is 0 Å². The lowest BCUT2D eigenvalue weighted by molar-refractivity contribution is 0.0807. The summed E-state index contributed by atoms with van der Waals surface area (Å²) in [5.74, 6) is -0.276. The van der Waals surface area contributed by atoms with Gasteiger partial charge in [-0.2, -0.15) is 0 Å². The van der Waals surface area contributed by atoms with Gasteiger partial charge in [-0.15, -0.1) is 0 Å². The van der Waals surface area contributed by atoms with Crippen LogP contribution in [0, 0.1) is 12.7 Å². The highest BCUT2D eigenvalue weighted by Crippen LogP contribution is 2.26. The first-order chi connectivity index (χ1) is 6.60. The summed E-state index contributed by atoms with van der Waals surface area (Å²) in [5.41, 5.74) is 1.14. The van der Waals surface area contributed by atoms with Crippen LogP contribution in [0.4, 0.5) is 4.39 Å². The summed E-state index contributed by atoms with van der Waals surface area (Å²) >= 11 is 5.97. The minimum absolute atomic E-state index is 0.276. The second kappa shape index (κ2) is 4.73. The quantitative estimate of drug-likeness (QED) is 0.786. The average molecular weight is 218 g/mol. The predicted octanol–water partition coefficient (Wildman–Crippen LogP) is 2.65. The monoisotopic (exact) mass is 217 g/mol. The van der Waals surface area contributed by atoms with E-state index in [1.807, 2.05) is 0 Å². The average Bonchev–Trinajstić information content (AvgIpc) is 2.15. The van der Waals surface area contributed by atoms with Gasteiger partial charge in [0, 0.05) is 17.7 Å². The Kier molecular flexibility index (Phi) is 3.86. The van der Waals surface area contributed by atoms with Crippen molar-refractivity contribution in [3.8, 4) is 0 Å². The number of nitrogens with one attached hydrogen (secondary N) is 1. The molecule has 0 saturated heterocycles. The molecule has 1 atom stereocenters. The van der Waals surface area contributed by atoms with Crippen LogP contribution < -0.4 is 5.32 Å². The molecule has 78 valence electrons. The van der Waals surface area contributed by atoms with E-state index in [1.165, 1.54) is 13.2 Å². The summed E-state index contributed by atoms with van der Waals surface area (Å²) in [5, 5.41) is 3.39. The molecule has 0 aliphatic carbocycles. The molecule has 0 aromatic heterocycles. The smallest absolute Gasteiger partial charge is 0.135 e. The van der Waals surface area contributed by atoms with Crippen LogP contribution in [0.15, 0.2) is 12.1 Å². The second-order valence-corrected chi connectivity index (χ2v) is 3.43. The molecule has 0 bridgehead atoms. The lowest BCUT2D eigenvalue weighted by Gasteiger charge is -2.16. The fourth-order valence-electron chi connectivity index (χ4n) is 1.26. The normalized spacial score (nSPS) is 12.9. The highest BCUT2D eigenvalue weighted by molar-refractivity contribution is 6.31. The molecule has 0 aliphatic heterocycles. The Balaban J connectivity index is 3.14. The Bertz CT molecular complexity index is 326. The Morgan fingerprint density at radius 2 is 2.14 bits per heavy atom. The van der Waals surface area contributed by atoms with Gasteiger partial charge in [0.2, 0.25) is 0 Å². The molecule has 1 unspecified atom stereocenters. The largest absolute Gasteiger partial charge is 0.362 e. The number of halogens is 2. The zero-order chi connectivity index (χ0) is 10.7. The summed E-state index contributed by atoms with van der Waals surface area (Å²) in [6.07, 6.45) is -0.377. The van der Waals surface area contributed by atoms with Gasteiger partial charge in [-0.25, -0.2) is 4.39 Å². The van der Waals surface area contributed by atoms with Crippen molar-refractivity contribution >= 4 is 11.6 Å². The lowest BCUT2D eigenvalue weighted by atomic mass is 10.1. The summed E-state index contributed by atoms with van der Waals surface area (Å²) in [6, 6.07) is 2.98. The number of aryl methyl sites for hydroxylation is 1. The number of hydrogen-bond acceptors (Lipinski definition) is 2. The number of rotatable bonds is 3. The fourth-order valence-corrected chi connectivity index (χ4v) is 1.58. The molecule has 0 heterocycles. The second-order valence-electron chi connectivity index (χ2n) is 3.03. The van der Waals surface area contributed by atoms with Crippen molar-refractivity contribution in [2.75, 3.05) is 14.2 Å². The summed E-state index contributed by atoms with van der Waals surface area (Å²) in [4.78, 5) is 0. The highest BCUT2D eigenvalue weighted by Gasteiger charge is 2.14. The van der Waals surface area contributed by atoms with Gasteiger partial charge in [-0.1, -0.05) is 11.6 Å². The van der Waals surface area contributed by atoms with Crippen LogP contribution in [-0.4, -0.2) is 14.2 Å². The van der Waals surface area contributed by atoms with E-state index < -0.39 is 0 Å². The Labute approximate surface area is 88.0 Å². The molecule has 1 rings (SSSR count). The van der Waals surface area contributed by atoms with Crippen molar-refractivity contribution in [2.45, 2.75) is 13.2 Å². The SMILES string of the molecule is CNC(OC)c1cc(F)c(C)cc1Cl. The van der Waals surface area contributed by atoms with Crippen LogP contribution in [-0.2, 0) is 4.74 Å². The van der Waals surface area contributed by atoms with Gasteiger partial charge in [0.05, 0.1) is 0 Å². The van der Waals surface area contributed by atoms with Gasteiger partial charge >= 0.3 is 0 Å². The van der Waals surface area contributed by atoms with E-state index in [2.05, 4.69) is 5.32 Å². The van der Waals surface area contributed by atoms with E-state index in [0.29, 0.717) is 16.1 Å². The standard InChI is InChI=1S/C10H13ClFNO/c1-6-4-8(11)7(5-9(6)12)10(13-2)14-3/h4-5,10,13H,1-3H3. The molecule has 1 aromatic carbocycles. The van der Waals surface area contributed by atoms with Crippen molar-refractivity contribution in [2.24, 2.45) is 0 Å². The molecule has 0 amide bonds. The van der Waals surface area contributed by atoms with E-state index in [1.54, 1.807) is 20.0 Å². The van der Waals surface area contributed by atoms with Crippen LogP contribution >= 0.6 is 11.6 Å². The Morgan fingerprint density at radius 3 is 2.64 bits per heavy atom. The number of hydrogen-bond donors (Lipinski definition) is 1. The maximum Gasteiger partial charge on any atom is 0.135 e. The van der Waals surface area contributed by atoms with Gasteiger partial charge < -0.3 is 4.74 Å². The summed E-state index contributed by atoms with van der Waals surface area (Å²) in [6.45, 7) is 1.67. The third kappa shape index (κ3) is 2.23. The first kappa shape index (κ1) is 11.4. The van der Waals surface area contributed by atoms with E-state index in [4.69, 9.17) is 16.3 Å². The van der Waals surface area contributed by atoms with E-state index in [9.17, 15) is 4.39 Å². The molecule has 0 fully saturated rings. The number of benzene rings is 1. The third-order valence-corrected chi connectivity index (χ3v) is 2.39. The van der Waals surface area contributed by atoms with Crippen LogP contribution in [0.5, 0.6) is 0 Å². The molecule has 1 N–H and O–H groups in total.